The molecule has 6 heteroatoms. The van der Waals surface area contributed by atoms with Crippen LogP contribution < -0.4 is 5.32 Å². The molecule has 0 aliphatic heterocycles. The lowest BCUT2D eigenvalue weighted by molar-refractivity contribution is -0.143. The first-order chi connectivity index (χ1) is 11.3. The van der Waals surface area contributed by atoms with Crippen LogP contribution in [0.2, 0.25) is 0 Å². The van der Waals surface area contributed by atoms with Crippen LogP contribution in [0.5, 0.6) is 0 Å². The van der Waals surface area contributed by atoms with Crippen LogP contribution in [0.25, 0.3) is 0 Å². The van der Waals surface area contributed by atoms with E-state index in [9.17, 15) is 18.0 Å². The summed E-state index contributed by atoms with van der Waals surface area (Å²) in [5, 5.41) is 12.6. The van der Waals surface area contributed by atoms with Gasteiger partial charge >= 0.3 is 12.1 Å². The molecule has 0 radical (unpaired) electrons. The topological polar surface area (TPSA) is 49.3 Å². The highest BCUT2D eigenvalue weighted by Gasteiger charge is 2.37. The molecule has 132 valence electrons. The molecule has 2 N–H and O–H groups in total. The van der Waals surface area contributed by atoms with Crippen molar-refractivity contribution in [3.63, 3.8) is 0 Å². The second kappa shape index (κ2) is 6.75. The third-order valence-electron chi connectivity index (χ3n) is 5.16. The van der Waals surface area contributed by atoms with Crippen LogP contribution >= 0.6 is 0 Å². The van der Waals surface area contributed by atoms with Crippen LogP contribution in [-0.2, 0) is 11.0 Å². The van der Waals surface area contributed by atoms with E-state index >= 15 is 0 Å². The molecule has 3 rings (SSSR count). The van der Waals surface area contributed by atoms with Crippen molar-refractivity contribution in [2.45, 2.75) is 56.8 Å². The Balaban J connectivity index is 1.69. The Kier molecular flexibility index (Phi) is 4.85. The van der Waals surface area contributed by atoms with E-state index in [0.29, 0.717) is 24.3 Å². The lowest BCUT2D eigenvalue weighted by Gasteiger charge is -2.31. The molecule has 0 heterocycles. The molecule has 0 bridgehead atoms. The predicted molar refractivity (Wildman–Crippen MR) is 83.4 cm³/mol. The van der Waals surface area contributed by atoms with Crippen molar-refractivity contribution in [3.05, 3.63) is 35.4 Å². The lowest BCUT2D eigenvalue weighted by Crippen LogP contribution is -2.38. The highest BCUT2D eigenvalue weighted by molar-refractivity contribution is 5.70. The zero-order chi connectivity index (χ0) is 17.3. The van der Waals surface area contributed by atoms with Gasteiger partial charge in [0, 0.05) is 12.1 Å². The highest BCUT2D eigenvalue weighted by Crippen LogP contribution is 2.43. The fourth-order valence-corrected chi connectivity index (χ4v) is 3.60. The summed E-state index contributed by atoms with van der Waals surface area (Å²) in [6, 6.07) is 5.69. The molecular weight excluding hydrogens is 319 g/mol. The molecule has 0 aromatic heterocycles. The van der Waals surface area contributed by atoms with Gasteiger partial charge in [0.1, 0.15) is 0 Å². The van der Waals surface area contributed by atoms with Crippen molar-refractivity contribution in [3.8, 4) is 0 Å². The quantitative estimate of drug-likeness (QED) is 0.835. The molecule has 3 nitrogen and oxygen atoms in total. The summed E-state index contributed by atoms with van der Waals surface area (Å²) >= 11 is 0. The summed E-state index contributed by atoms with van der Waals surface area (Å²) in [5.74, 6) is -0.647. The molecule has 1 atom stereocenters. The van der Waals surface area contributed by atoms with Crippen LogP contribution in [0.4, 0.5) is 13.2 Å². The summed E-state index contributed by atoms with van der Waals surface area (Å²) in [6.07, 6.45) is 0.513. The second-order valence-corrected chi connectivity index (χ2v) is 6.99. The number of carboxylic acids is 1. The second-order valence-electron chi connectivity index (χ2n) is 6.99. The first-order valence-corrected chi connectivity index (χ1v) is 8.50. The molecule has 1 unspecified atom stereocenters. The largest absolute Gasteiger partial charge is 0.481 e. The fraction of sp³-hybridized carbons (Fsp3) is 0.611. The molecule has 0 spiro atoms. The van der Waals surface area contributed by atoms with E-state index < -0.39 is 17.7 Å². The molecule has 2 aliphatic carbocycles. The summed E-state index contributed by atoms with van der Waals surface area (Å²) in [5.41, 5.74) is 0.0784. The standard InChI is InChI=1S/C18H22F3NO2/c19-18(20,21)14-3-1-2-13(10-14)16(11-4-5-11)22-15-8-6-12(7-9-15)17(23)24/h1-3,10-12,15-16,22H,4-9H2,(H,23,24). The molecule has 24 heavy (non-hydrogen) atoms. The number of hydrogen-bond acceptors (Lipinski definition) is 2. The number of carbonyl (C=O) groups is 1. The molecule has 2 aliphatic rings. The van der Waals surface area contributed by atoms with Crippen LogP contribution in [0.1, 0.15) is 55.7 Å². The van der Waals surface area contributed by atoms with Crippen molar-refractivity contribution >= 4 is 5.97 Å². The van der Waals surface area contributed by atoms with Gasteiger partial charge in [-0.3, -0.25) is 4.79 Å². The number of halogens is 3. The van der Waals surface area contributed by atoms with Crippen molar-refractivity contribution in [2.24, 2.45) is 11.8 Å². The molecule has 2 saturated carbocycles. The maximum Gasteiger partial charge on any atom is 0.416 e. The minimum absolute atomic E-state index is 0.0707. The van der Waals surface area contributed by atoms with E-state index in [1.165, 1.54) is 12.1 Å². The Hall–Kier alpha value is -1.56. The van der Waals surface area contributed by atoms with Crippen LogP contribution in [-0.4, -0.2) is 17.1 Å². The lowest BCUT2D eigenvalue weighted by atomic mass is 9.85. The number of benzene rings is 1. The Labute approximate surface area is 139 Å². The van der Waals surface area contributed by atoms with Gasteiger partial charge < -0.3 is 10.4 Å². The predicted octanol–water partition coefficient (Wildman–Crippen LogP) is 4.39. The van der Waals surface area contributed by atoms with Crippen LogP contribution in [0.3, 0.4) is 0 Å². The van der Waals surface area contributed by atoms with E-state index in [0.717, 1.165) is 31.7 Å². The SMILES string of the molecule is O=C(O)C1CCC(NC(c2cccc(C(F)(F)F)c2)C2CC2)CC1. The number of hydrogen-bond donors (Lipinski definition) is 2. The van der Waals surface area contributed by atoms with E-state index in [1.54, 1.807) is 6.07 Å². The van der Waals surface area contributed by atoms with Gasteiger partial charge in [-0.15, -0.1) is 0 Å². The van der Waals surface area contributed by atoms with Crippen molar-refractivity contribution in [1.82, 2.24) is 5.32 Å². The summed E-state index contributed by atoms with van der Waals surface area (Å²) in [4.78, 5) is 11.0. The first-order valence-electron chi connectivity index (χ1n) is 8.50. The van der Waals surface area contributed by atoms with E-state index in [1.807, 2.05) is 0 Å². The Morgan fingerprint density at radius 2 is 1.79 bits per heavy atom. The number of aliphatic carboxylic acids is 1. The van der Waals surface area contributed by atoms with E-state index in [2.05, 4.69) is 5.32 Å². The molecule has 0 amide bonds. The summed E-state index contributed by atoms with van der Waals surface area (Å²) in [6.45, 7) is 0. The maximum absolute atomic E-state index is 12.9. The summed E-state index contributed by atoms with van der Waals surface area (Å²) < 4.78 is 38.8. The number of nitrogens with one attached hydrogen (secondary N) is 1. The summed E-state index contributed by atoms with van der Waals surface area (Å²) in [7, 11) is 0. The van der Waals surface area contributed by atoms with E-state index in [-0.39, 0.29) is 18.0 Å². The van der Waals surface area contributed by atoms with Crippen molar-refractivity contribution in [2.75, 3.05) is 0 Å². The average Bonchev–Trinajstić information content (AvgIpc) is 3.37. The van der Waals surface area contributed by atoms with Gasteiger partial charge in [-0.2, -0.15) is 13.2 Å². The van der Waals surface area contributed by atoms with Crippen LogP contribution in [0.15, 0.2) is 24.3 Å². The zero-order valence-electron chi connectivity index (χ0n) is 13.4. The molecule has 1 aromatic rings. The van der Waals surface area contributed by atoms with Crippen molar-refractivity contribution in [1.29, 1.82) is 0 Å². The van der Waals surface area contributed by atoms with Gasteiger partial charge in [0.15, 0.2) is 0 Å². The average molecular weight is 341 g/mol. The normalized spacial score (nSPS) is 26.1. The third-order valence-corrected chi connectivity index (χ3v) is 5.16. The van der Waals surface area contributed by atoms with Crippen LogP contribution in [0, 0.1) is 11.8 Å². The smallest absolute Gasteiger partial charge is 0.416 e. The van der Waals surface area contributed by atoms with Gasteiger partial charge in [0.05, 0.1) is 11.5 Å². The monoisotopic (exact) mass is 341 g/mol. The zero-order valence-corrected chi connectivity index (χ0v) is 13.4. The number of carboxylic acid groups (broad SMARTS) is 1. The Morgan fingerprint density at radius 3 is 2.33 bits per heavy atom. The fourth-order valence-electron chi connectivity index (χ4n) is 3.60. The van der Waals surface area contributed by atoms with Gasteiger partial charge in [-0.25, -0.2) is 0 Å². The number of rotatable bonds is 5. The molecular formula is C18H22F3NO2. The highest BCUT2D eigenvalue weighted by atomic mass is 19.4. The maximum atomic E-state index is 12.9. The van der Waals surface area contributed by atoms with Gasteiger partial charge in [0.2, 0.25) is 0 Å². The third kappa shape index (κ3) is 4.09. The Bertz CT molecular complexity index is 590. The number of alkyl halides is 3. The van der Waals surface area contributed by atoms with E-state index in [4.69, 9.17) is 5.11 Å². The minimum atomic E-state index is -4.33. The Morgan fingerprint density at radius 1 is 1.12 bits per heavy atom. The minimum Gasteiger partial charge on any atom is -0.481 e. The molecule has 2 fully saturated rings. The van der Waals surface area contributed by atoms with Crippen molar-refractivity contribution < 1.29 is 23.1 Å². The molecule has 1 aromatic carbocycles. The van der Waals surface area contributed by atoms with Gasteiger partial charge in [0.25, 0.3) is 0 Å². The first kappa shape index (κ1) is 17.3. The molecule has 0 saturated heterocycles. The van der Waals surface area contributed by atoms with Gasteiger partial charge in [-0.1, -0.05) is 12.1 Å². The van der Waals surface area contributed by atoms with Gasteiger partial charge in [-0.05, 0) is 62.1 Å².